The first-order chi connectivity index (χ1) is 25.7. The van der Waals surface area contributed by atoms with Crippen molar-refractivity contribution in [3.05, 3.63) is 75.5 Å². The zero-order chi connectivity index (χ0) is 36.7. The smallest absolute Gasteiger partial charge is 0.272 e. The number of H-pyrrole nitrogens is 1. The number of nitrogens with one attached hydrogen (secondary N) is 1. The van der Waals surface area contributed by atoms with Crippen LogP contribution >= 0.6 is 0 Å². The average molecular weight is 725 g/mol. The van der Waals surface area contributed by atoms with Crippen LogP contribution in [0, 0.1) is 40.3 Å². The number of ether oxygens (including phenoxy) is 1. The van der Waals surface area contributed by atoms with Gasteiger partial charge in [-0.1, -0.05) is 51.0 Å². The summed E-state index contributed by atoms with van der Waals surface area (Å²) in [5.41, 5.74) is 1.99. The molecule has 7 atom stereocenters. The fourth-order valence-corrected chi connectivity index (χ4v) is 12.0. The minimum Gasteiger partial charge on any atom is -0.378 e. The molecule has 1 aromatic heterocycles. The molecule has 9 heteroatoms. The van der Waals surface area contributed by atoms with Gasteiger partial charge in [0, 0.05) is 51.0 Å². The Morgan fingerprint density at radius 3 is 2.47 bits per heavy atom. The Kier molecular flexibility index (Phi) is 10.2. The molecule has 5 aliphatic rings. The van der Waals surface area contributed by atoms with Crippen LogP contribution in [-0.4, -0.2) is 70.7 Å². The van der Waals surface area contributed by atoms with Crippen molar-refractivity contribution >= 4 is 22.6 Å². The number of hydrogen-bond acceptors (Lipinski definition) is 5. The number of halogens is 1. The zero-order valence-corrected chi connectivity index (χ0v) is 31.7. The Bertz CT molecular complexity index is 1890. The van der Waals surface area contributed by atoms with E-state index in [0.717, 1.165) is 54.1 Å². The summed E-state index contributed by atoms with van der Waals surface area (Å²) in [5, 5.41) is 8.04. The van der Waals surface area contributed by atoms with Gasteiger partial charge in [0.1, 0.15) is 5.82 Å². The van der Waals surface area contributed by atoms with Crippen LogP contribution in [0.4, 0.5) is 4.39 Å². The van der Waals surface area contributed by atoms with E-state index in [0.29, 0.717) is 67.0 Å². The molecule has 4 aliphatic carbocycles. The molecule has 1 aliphatic heterocycles. The number of nitrogens with zero attached hydrogens (tertiary/aromatic N) is 3. The number of amides is 2. The van der Waals surface area contributed by atoms with Crippen LogP contribution in [0.25, 0.3) is 10.8 Å². The lowest BCUT2D eigenvalue weighted by Gasteiger charge is -2.60. The maximum Gasteiger partial charge on any atom is 0.272 e. The quantitative estimate of drug-likeness (QED) is 0.226. The van der Waals surface area contributed by atoms with Crippen LogP contribution in [-0.2, 0) is 16.0 Å². The molecule has 5 fully saturated rings. The number of rotatable bonds is 9. The van der Waals surface area contributed by atoms with Crippen molar-refractivity contribution in [1.29, 1.82) is 0 Å². The van der Waals surface area contributed by atoms with E-state index in [4.69, 9.17) is 4.74 Å². The second-order valence-electron chi connectivity index (χ2n) is 17.6. The zero-order valence-electron chi connectivity index (χ0n) is 31.7. The van der Waals surface area contributed by atoms with Gasteiger partial charge >= 0.3 is 0 Å². The van der Waals surface area contributed by atoms with Crippen molar-refractivity contribution in [2.24, 2.45) is 34.5 Å². The van der Waals surface area contributed by atoms with Crippen LogP contribution in [0.3, 0.4) is 0 Å². The topological polar surface area (TPSA) is 95.6 Å². The summed E-state index contributed by atoms with van der Waals surface area (Å²) in [5.74, 6) is 2.72. The molecule has 4 saturated carbocycles. The fourth-order valence-electron chi connectivity index (χ4n) is 12.0. The Labute approximate surface area is 313 Å². The maximum atomic E-state index is 15.0. The monoisotopic (exact) mass is 724 g/mol. The van der Waals surface area contributed by atoms with Gasteiger partial charge < -0.3 is 14.5 Å². The molecule has 3 aromatic rings. The molecule has 8 nitrogen and oxygen atoms in total. The second-order valence-corrected chi connectivity index (χ2v) is 17.6. The predicted octanol–water partition coefficient (Wildman–Crippen LogP) is 7.93. The van der Waals surface area contributed by atoms with Crippen LogP contribution in [0.2, 0.25) is 0 Å². The number of carbonyl (C=O) groups excluding carboxylic acids is 2. The fraction of sp³-hybridized carbons (Fsp3) is 0.636. The van der Waals surface area contributed by atoms with Gasteiger partial charge in [-0.3, -0.25) is 14.4 Å². The number of fused-ring (bicyclic) bond motifs is 6. The molecule has 0 unspecified atom stereocenters. The Hall–Kier alpha value is -3.59. The second kappa shape index (κ2) is 14.9. The number of benzene rings is 2. The van der Waals surface area contributed by atoms with Crippen LogP contribution in [0.5, 0.6) is 0 Å². The van der Waals surface area contributed by atoms with Crippen molar-refractivity contribution in [2.75, 3.05) is 32.8 Å². The molecular weight excluding hydrogens is 668 g/mol. The summed E-state index contributed by atoms with van der Waals surface area (Å²) in [6, 6.07) is 11.8. The van der Waals surface area contributed by atoms with Crippen molar-refractivity contribution in [3.63, 3.8) is 0 Å². The first-order valence-electron chi connectivity index (χ1n) is 20.6. The lowest BCUT2D eigenvalue weighted by Crippen LogP contribution is -2.53. The van der Waals surface area contributed by atoms with E-state index in [1.54, 1.807) is 29.2 Å². The molecular formula is C44H57FN4O4. The van der Waals surface area contributed by atoms with Crippen LogP contribution < -0.4 is 5.56 Å². The SMILES string of the molecule is C[C@@]12CCCC[C@H]1CC[C@H]1[C@H]2CC[C@]2(C)[C@@H]1CC[C@H]2OCCCCC(=O)N1CCN(C(=O)c2cc(Cc3n[nH]c(=O)c4ccccc34)ccc2F)CC1. The van der Waals surface area contributed by atoms with E-state index < -0.39 is 5.82 Å². The largest absolute Gasteiger partial charge is 0.378 e. The Morgan fingerprint density at radius 1 is 0.868 bits per heavy atom. The number of carbonyl (C=O) groups is 2. The van der Waals surface area contributed by atoms with Gasteiger partial charge in [0.15, 0.2) is 0 Å². The van der Waals surface area contributed by atoms with Gasteiger partial charge in [-0.25, -0.2) is 9.49 Å². The number of unbranched alkanes of at least 4 members (excludes halogenated alkanes) is 1. The van der Waals surface area contributed by atoms with Gasteiger partial charge in [0.2, 0.25) is 5.91 Å². The minimum absolute atomic E-state index is 0.0115. The summed E-state index contributed by atoms with van der Waals surface area (Å²) in [7, 11) is 0. The highest BCUT2D eigenvalue weighted by atomic mass is 19.1. The molecule has 1 saturated heterocycles. The number of piperazine rings is 1. The van der Waals surface area contributed by atoms with Crippen molar-refractivity contribution in [2.45, 2.75) is 110 Å². The molecule has 284 valence electrons. The third-order valence-electron chi connectivity index (χ3n) is 14.9. The van der Waals surface area contributed by atoms with Crippen molar-refractivity contribution < 1.29 is 18.7 Å². The van der Waals surface area contributed by atoms with E-state index in [-0.39, 0.29) is 22.9 Å². The van der Waals surface area contributed by atoms with E-state index in [9.17, 15) is 18.8 Å². The van der Waals surface area contributed by atoms with Gasteiger partial charge in [0.25, 0.3) is 11.5 Å². The maximum absolute atomic E-state index is 15.0. The number of aromatic nitrogens is 2. The van der Waals surface area contributed by atoms with E-state index in [1.807, 2.05) is 17.0 Å². The summed E-state index contributed by atoms with van der Waals surface area (Å²) < 4.78 is 21.6. The van der Waals surface area contributed by atoms with Gasteiger partial charge in [-0.05, 0) is 122 Å². The van der Waals surface area contributed by atoms with E-state index >= 15 is 0 Å². The summed E-state index contributed by atoms with van der Waals surface area (Å²) >= 11 is 0. The third kappa shape index (κ3) is 6.85. The molecule has 2 aromatic carbocycles. The highest BCUT2D eigenvalue weighted by Gasteiger charge is 2.60. The normalized spacial score (nSPS) is 31.2. The molecule has 2 amide bonds. The summed E-state index contributed by atoms with van der Waals surface area (Å²) in [4.78, 5) is 42.3. The molecule has 1 N–H and O–H groups in total. The lowest BCUT2D eigenvalue weighted by atomic mass is 9.45. The van der Waals surface area contributed by atoms with Gasteiger partial charge in [-0.2, -0.15) is 5.10 Å². The molecule has 0 bridgehead atoms. The van der Waals surface area contributed by atoms with Gasteiger partial charge in [0.05, 0.1) is 22.7 Å². The van der Waals surface area contributed by atoms with E-state index in [2.05, 4.69) is 24.0 Å². The first kappa shape index (κ1) is 36.4. The summed E-state index contributed by atoms with van der Waals surface area (Å²) in [6.07, 6.45) is 16.7. The predicted molar refractivity (Wildman–Crippen MR) is 204 cm³/mol. The number of hydrogen-bond donors (Lipinski definition) is 1. The Balaban J connectivity index is 0.783. The minimum atomic E-state index is -0.575. The van der Waals surface area contributed by atoms with Crippen LogP contribution in [0.1, 0.15) is 119 Å². The Morgan fingerprint density at radius 2 is 1.64 bits per heavy atom. The van der Waals surface area contributed by atoms with Crippen LogP contribution in [0.15, 0.2) is 47.3 Å². The third-order valence-corrected chi connectivity index (χ3v) is 14.9. The van der Waals surface area contributed by atoms with Crippen molar-refractivity contribution in [1.82, 2.24) is 20.0 Å². The van der Waals surface area contributed by atoms with E-state index in [1.165, 1.54) is 70.3 Å². The molecule has 0 radical (unpaired) electrons. The lowest BCUT2D eigenvalue weighted by molar-refractivity contribution is -0.133. The highest BCUT2D eigenvalue weighted by molar-refractivity contribution is 5.95. The van der Waals surface area contributed by atoms with Crippen molar-refractivity contribution in [3.8, 4) is 0 Å². The average Bonchev–Trinajstić information content (AvgIpc) is 3.52. The first-order valence-corrected chi connectivity index (χ1v) is 20.6. The van der Waals surface area contributed by atoms with Gasteiger partial charge in [-0.15, -0.1) is 0 Å². The highest BCUT2D eigenvalue weighted by Crippen LogP contribution is 2.66. The standard InChI is InChI=1S/C44H57FN4O4/c1-43-20-7-5-9-30(43)14-15-33-35-16-18-39(44(35,2)21-19-36(33)43)53-26-8-6-12-40(50)48-22-24-49(25-23-48)42(52)34-27-29(13-17-37(34)45)28-38-31-10-3-4-11-32(31)41(51)47-46-38/h3-4,10-11,13,17,27,30,33,35-36,39H,5-9,12,14-16,18-26,28H2,1-2H3,(H,47,51)/t30-,33+,35+,36+,39+,43+,44+/m0/s1. The molecule has 8 rings (SSSR count). The molecule has 0 spiro atoms. The molecule has 2 heterocycles. The summed E-state index contributed by atoms with van der Waals surface area (Å²) in [6.45, 7) is 7.53. The number of aromatic amines is 1. The molecule has 53 heavy (non-hydrogen) atoms.